The summed E-state index contributed by atoms with van der Waals surface area (Å²) in [6.45, 7) is 1.48. The lowest BCUT2D eigenvalue weighted by atomic mass is 10.2. The Bertz CT molecular complexity index is 856. The predicted octanol–water partition coefficient (Wildman–Crippen LogP) is 2.68. The van der Waals surface area contributed by atoms with Crippen molar-refractivity contribution in [2.24, 2.45) is 0 Å². The second-order valence-corrected chi connectivity index (χ2v) is 6.00. The van der Waals surface area contributed by atoms with Crippen molar-refractivity contribution in [2.45, 2.75) is 38.8 Å². The van der Waals surface area contributed by atoms with Crippen molar-refractivity contribution in [2.75, 3.05) is 12.4 Å². The van der Waals surface area contributed by atoms with E-state index in [0.29, 0.717) is 18.4 Å². The molecule has 4 rings (SSSR count). The Balaban J connectivity index is 1.46. The van der Waals surface area contributed by atoms with Crippen molar-refractivity contribution in [1.82, 2.24) is 24.9 Å². The van der Waals surface area contributed by atoms with E-state index in [1.54, 1.807) is 7.11 Å². The molecule has 0 saturated heterocycles. The Labute approximate surface area is 145 Å². The molecular formula is C17H20N6O2. The third-order valence-corrected chi connectivity index (χ3v) is 4.34. The molecule has 3 heterocycles. The van der Waals surface area contributed by atoms with Gasteiger partial charge >= 0.3 is 6.01 Å². The lowest BCUT2D eigenvalue weighted by molar-refractivity contribution is 0.414. The second-order valence-electron chi connectivity index (χ2n) is 6.00. The average Bonchev–Trinajstić information content (AvgIpc) is 3.21. The van der Waals surface area contributed by atoms with Gasteiger partial charge in [0.15, 0.2) is 5.82 Å². The summed E-state index contributed by atoms with van der Waals surface area (Å²) in [5.74, 6) is 3.24. The Kier molecular flexibility index (Phi) is 4.32. The number of aromatic nitrogens is 5. The molecule has 2 aromatic heterocycles. The number of hydrogen-bond donors (Lipinski definition) is 1. The number of hydrogen-bond acceptors (Lipinski definition) is 7. The summed E-state index contributed by atoms with van der Waals surface area (Å²) in [5.41, 5.74) is 0.840. The van der Waals surface area contributed by atoms with Gasteiger partial charge in [-0.2, -0.15) is 4.98 Å². The van der Waals surface area contributed by atoms with Gasteiger partial charge in [0.2, 0.25) is 5.82 Å². The number of aryl methyl sites for hydroxylation is 1. The van der Waals surface area contributed by atoms with E-state index in [1.165, 1.54) is 19.3 Å². The monoisotopic (exact) mass is 340 g/mol. The molecule has 0 atom stereocenters. The zero-order chi connectivity index (χ0) is 17.1. The van der Waals surface area contributed by atoms with Gasteiger partial charge in [-0.15, -0.1) is 10.2 Å². The van der Waals surface area contributed by atoms with Crippen LogP contribution in [0.5, 0.6) is 5.75 Å². The van der Waals surface area contributed by atoms with Gasteiger partial charge in [-0.25, -0.2) is 0 Å². The first-order chi connectivity index (χ1) is 12.3. The molecule has 1 N–H and O–H groups in total. The molecule has 8 nitrogen and oxygen atoms in total. The fourth-order valence-electron chi connectivity index (χ4n) is 3.01. The topological polar surface area (TPSA) is 90.9 Å². The summed E-state index contributed by atoms with van der Waals surface area (Å²) in [6.07, 6.45) is 4.58. The molecule has 3 aromatic rings. The molecule has 0 saturated carbocycles. The van der Waals surface area contributed by atoms with E-state index < -0.39 is 0 Å². The molecule has 0 aliphatic carbocycles. The number of nitrogens with one attached hydrogen (secondary N) is 1. The van der Waals surface area contributed by atoms with Crippen molar-refractivity contribution in [3.63, 3.8) is 0 Å². The van der Waals surface area contributed by atoms with Gasteiger partial charge in [-0.3, -0.25) is 0 Å². The SMILES string of the molecule is COc1cccc(-c2noc(NCc3nnc4n3CCCCC4)n2)c1. The summed E-state index contributed by atoms with van der Waals surface area (Å²) < 4.78 is 12.7. The molecule has 1 aromatic carbocycles. The summed E-state index contributed by atoms with van der Waals surface area (Å²) in [7, 11) is 1.63. The molecule has 0 spiro atoms. The molecule has 0 unspecified atom stereocenters. The minimum atomic E-state index is 0.365. The molecule has 0 bridgehead atoms. The summed E-state index contributed by atoms with van der Waals surface area (Å²) >= 11 is 0. The minimum Gasteiger partial charge on any atom is -0.497 e. The first-order valence-corrected chi connectivity index (χ1v) is 8.46. The molecule has 0 radical (unpaired) electrons. The van der Waals surface area contributed by atoms with Crippen LogP contribution in [0.2, 0.25) is 0 Å². The van der Waals surface area contributed by atoms with Gasteiger partial charge in [0.25, 0.3) is 0 Å². The second kappa shape index (κ2) is 6.92. The molecule has 25 heavy (non-hydrogen) atoms. The molecule has 1 aliphatic heterocycles. The fourth-order valence-corrected chi connectivity index (χ4v) is 3.01. The van der Waals surface area contributed by atoms with E-state index in [2.05, 4.69) is 30.2 Å². The molecular weight excluding hydrogens is 320 g/mol. The molecule has 8 heteroatoms. The van der Waals surface area contributed by atoms with Crippen LogP contribution in [0.4, 0.5) is 6.01 Å². The van der Waals surface area contributed by atoms with Crippen LogP contribution in [0.1, 0.15) is 30.9 Å². The highest BCUT2D eigenvalue weighted by molar-refractivity contribution is 5.57. The zero-order valence-electron chi connectivity index (χ0n) is 14.1. The fraction of sp³-hybridized carbons (Fsp3) is 0.412. The Morgan fingerprint density at radius 1 is 1.24 bits per heavy atom. The number of methoxy groups -OCH3 is 1. The van der Waals surface area contributed by atoms with Gasteiger partial charge in [0.1, 0.15) is 11.6 Å². The van der Waals surface area contributed by atoms with Crippen LogP contribution in [0.25, 0.3) is 11.4 Å². The average molecular weight is 340 g/mol. The van der Waals surface area contributed by atoms with E-state index in [1.807, 2.05) is 24.3 Å². The lowest BCUT2D eigenvalue weighted by Crippen LogP contribution is -2.10. The molecule has 130 valence electrons. The van der Waals surface area contributed by atoms with Crippen LogP contribution in [-0.2, 0) is 19.5 Å². The maximum atomic E-state index is 5.29. The van der Waals surface area contributed by atoms with E-state index in [-0.39, 0.29) is 0 Å². The van der Waals surface area contributed by atoms with Gasteiger partial charge in [0, 0.05) is 18.5 Å². The van der Waals surface area contributed by atoms with Crippen LogP contribution in [0.15, 0.2) is 28.8 Å². The van der Waals surface area contributed by atoms with Crippen molar-refractivity contribution in [3.05, 3.63) is 35.9 Å². The highest BCUT2D eigenvalue weighted by atomic mass is 16.5. The van der Waals surface area contributed by atoms with Crippen molar-refractivity contribution in [1.29, 1.82) is 0 Å². The van der Waals surface area contributed by atoms with Crippen LogP contribution < -0.4 is 10.1 Å². The third-order valence-electron chi connectivity index (χ3n) is 4.34. The molecule has 0 fully saturated rings. The maximum Gasteiger partial charge on any atom is 0.322 e. The Morgan fingerprint density at radius 3 is 3.12 bits per heavy atom. The highest BCUT2D eigenvalue weighted by Gasteiger charge is 2.15. The first-order valence-electron chi connectivity index (χ1n) is 8.46. The van der Waals surface area contributed by atoms with Crippen LogP contribution >= 0.6 is 0 Å². The van der Waals surface area contributed by atoms with Gasteiger partial charge in [-0.1, -0.05) is 23.7 Å². The normalized spacial score (nSPS) is 14.0. The standard InChI is InChI=1S/C17H20N6O2/c1-24-13-7-5-6-12(10-13)16-19-17(25-22-16)18-11-15-21-20-14-8-3-2-4-9-23(14)15/h5-7,10H,2-4,8-9,11H2,1H3,(H,18,19,22). The van der Waals surface area contributed by atoms with E-state index >= 15 is 0 Å². The van der Waals surface area contributed by atoms with Gasteiger partial charge < -0.3 is 19.1 Å². The minimum absolute atomic E-state index is 0.365. The first kappa shape index (κ1) is 15.6. The van der Waals surface area contributed by atoms with Gasteiger partial charge in [0.05, 0.1) is 13.7 Å². The maximum absolute atomic E-state index is 5.29. The number of benzene rings is 1. The summed E-state index contributed by atoms with van der Waals surface area (Å²) in [5, 5.41) is 15.7. The van der Waals surface area contributed by atoms with E-state index in [0.717, 1.165) is 35.9 Å². The highest BCUT2D eigenvalue weighted by Crippen LogP contribution is 2.22. The van der Waals surface area contributed by atoms with E-state index in [9.17, 15) is 0 Å². The number of fused-ring (bicyclic) bond motifs is 1. The quantitative estimate of drug-likeness (QED) is 0.763. The lowest BCUT2D eigenvalue weighted by Gasteiger charge is -2.06. The Hall–Kier alpha value is -2.90. The number of nitrogens with zero attached hydrogens (tertiary/aromatic N) is 5. The smallest absolute Gasteiger partial charge is 0.322 e. The number of rotatable bonds is 5. The molecule has 0 amide bonds. The van der Waals surface area contributed by atoms with E-state index in [4.69, 9.17) is 9.26 Å². The third kappa shape index (κ3) is 3.33. The van der Waals surface area contributed by atoms with Crippen molar-refractivity contribution in [3.8, 4) is 17.1 Å². The summed E-state index contributed by atoms with van der Waals surface area (Å²) in [6, 6.07) is 7.91. The number of ether oxygens (including phenoxy) is 1. The predicted molar refractivity (Wildman–Crippen MR) is 91.2 cm³/mol. The van der Waals surface area contributed by atoms with Crippen molar-refractivity contribution < 1.29 is 9.26 Å². The van der Waals surface area contributed by atoms with Crippen molar-refractivity contribution >= 4 is 6.01 Å². The van der Waals surface area contributed by atoms with Crippen LogP contribution in [0, 0.1) is 0 Å². The number of anilines is 1. The van der Waals surface area contributed by atoms with Gasteiger partial charge in [-0.05, 0) is 25.0 Å². The summed E-state index contributed by atoms with van der Waals surface area (Å²) in [4.78, 5) is 4.38. The largest absolute Gasteiger partial charge is 0.497 e. The van der Waals surface area contributed by atoms with Crippen LogP contribution in [-0.4, -0.2) is 32.0 Å². The van der Waals surface area contributed by atoms with Crippen LogP contribution in [0.3, 0.4) is 0 Å². The zero-order valence-corrected chi connectivity index (χ0v) is 14.1. The molecule has 1 aliphatic rings. The Morgan fingerprint density at radius 2 is 2.20 bits per heavy atom.